The Bertz CT molecular complexity index is 447. The van der Waals surface area contributed by atoms with Crippen molar-refractivity contribution >= 4 is 21.9 Å². The van der Waals surface area contributed by atoms with E-state index in [1.165, 1.54) is 6.07 Å². The molecule has 0 heterocycles. The monoisotopic (exact) mass is 314 g/mol. The molecular formula is C13H15BrO4. The Hall–Kier alpha value is -1.07. The number of aromatic carboxylic acids is 1. The van der Waals surface area contributed by atoms with Gasteiger partial charge >= 0.3 is 5.97 Å². The molecular weight excluding hydrogens is 300 g/mol. The van der Waals surface area contributed by atoms with Gasteiger partial charge in [-0.2, -0.15) is 0 Å². The number of hydrogen-bond donors (Lipinski definition) is 2. The second kappa shape index (κ2) is 5.71. The second-order valence-electron chi connectivity index (χ2n) is 4.43. The summed E-state index contributed by atoms with van der Waals surface area (Å²) in [5.41, 5.74) is 0.113. The van der Waals surface area contributed by atoms with E-state index in [4.69, 9.17) is 9.84 Å². The molecule has 1 aliphatic carbocycles. The minimum Gasteiger partial charge on any atom is -0.486 e. The Labute approximate surface area is 114 Å². The molecule has 4 nitrogen and oxygen atoms in total. The third kappa shape index (κ3) is 2.84. The summed E-state index contributed by atoms with van der Waals surface area (Å²) in [5, 5.41) is 19.0. The van der Waals surface area contributed by atoms with Gasteiger partial charge in [0.25, 0.3) is 0 Å². The molecule has 0 aromatic heterocycles. The molecule has 0 amide bonds. The molecule has 1 fully saturated rings. The Kier molecular flexibility index (Phi) is 4.24. The Morgan fingerprint density at radius 1 is 1.33 bits per heavy atom. The lowest BCUT2D eigenvalue weighted by Gasteiger charge is -2.29. The summed E-state index contributed by atoms with van der Waals surface area (Å²) >= 11 is 3.29. The maximum atomic E-state index is 11.1. The lowest BCUT2D eigenvalue weighted by Crippen LogP contribution is -2.35. The van der Waals surface area contributed by atoms with Crippen LogP contribution in [-0.4, -0.2) is 28.4 Å². The molecule has 0 aliphatic heterocycles. The van der Waals surface area contributed by atoms with E-state index in [1.807, 2.05) is 0 Å². The molecule has 2 unspecified atom stereocenters. The maximum absolute atomic E-state index is 11.1. The van der Waals surface area contributed by atoms with Crippen LogP contribution in [0.15, 0.2) is 22.7 Å². The van der Waals surface area contributed by atoms with Crippen molar-refractivity contribution < 1.29 is 19.7 Å². The normalized spacial score (nSPS) is 23.7. The zero-order valence-electron chi connectivity index (χ0n) is 9.80. The number of hydrogen-bond acceptors (Lipinski definition) is 3. The zero-order valence-corrected chi connectivity index (χ0v) is 11.4. The van der Waals surface area contributed by atoms with Gasteiger partial charge in [-0.05, 0) is 47.3 Å². The van der Waals surface area contributed by atoms with Crippen LogP contribution in [0.25, 0.3) is 0 Å². The number of aliphatic hydroxyl groups is 1. The van der Waals surface area contributed by atoms with Crippen molar-refractivity contribution in [2.75, 3.05) is 0 Å². The standard InChI is InChI=1S/C13H15BrO4/c14-9-5-3-4-8(13(16)17)12(9)18-11-7-2-1-6-10(11)15/h3-5,10-11,15H,1-2,6-7H2,(H,16,17). The largest absolute Gasteiger partial charge is 0.486 e. The summed E-state index contributed by atoms with van der Waals surface area (Å²) in [7, 11) is 0. The smallest absolute Gasteiger partial charge is 0.339 e. The van der Waals surface area contributed by atoms with Crippen LogP contribution in [0, 0.1) is 0 Å². The number of ether oxygens (including phenoxy) is 1. The number of carboxylic acid groups (broad SMARTS) is 1. The van der Waals surface area contributed by atoms with Gasteiger partial charge in [-0.1, -0.05) is 12.5 Å². The van der Waals surface area contributed by atoms with E-state index in [0.29, 0.717) is 16.6 Å². The van der Waals surface area contributed by atoms with Crippen LogP contribution in [0.2, 0.25) is 0 Å². The van der Waals surface area contributed by atoms with Crippen LogP contribution in [0.5, 0.6) is 5.75 Å². The molecule has 0 saturated heterocycles. The van der Waals surface area contributed by atoms with Crippen LogP contribution >= 0.6 is 15.9 Å². The van der Waals surface area contributed by atoms with E-state index < -0.39 is 12.1 Å². The molecule has 5 heteroatoms. The number of aliphatic hydroxyl groups excluding tert-OH is 1. The third-order valence-corrected chi connectivity index (χ3v) is 3.76. The Morgan fingerprint density at radius 2 is 2.06 bits per heavy atom. The van der Waals surface area contributed by atoms with Crippen molar-refractivity contribution in [3.8, 4) is 5.75 Å². The summed E-state index contributed by atoms with van der Waals surface area (Å²) < 4.78 is 6.31. The van der Waals surface area contributed by atoms with Crippen LogP contribution in [0.4, 0.5) is 0 Å². The number of carbonyl (C=O) groups is 1. The van der Waals surface area contributed by atoms with Crippen LogP contribution < -0.4 is 4.74 Å². The molecule has 1 aliphatic rings. The molecule has 1 saturated carbocycles. The topological polar surface area (TPSA) is 66.8 Å². The highest BCUT2D eigenvalue weighted by atomic mass is 79.9. The van der Waals surface area contributed by atoms with Crippen molar-refractivity contribution in [1.29, 1.82) is 0 Å². The molecule has 0 bridgehead atoms. The molecule has 1 aromatic rings. The van der Waals surface area contributed by atoms with Gasteiger partial charge in [-0.15, -0.1) is 0 Å². The summed E-state index contributed by atoms with van der Waals surface area (Å²) in [6.07, 6.45) is 2.60. The lowest BCUT2D eigenvalue weighted by molar-refractivity contribution is 0.00566. The lowest BCUT2D eigenvalue weighted by atomic mass is 9.95. The van der Waals surface area contributed by atoms with E-state index in [9.17, 15) is 9.90 Å². The van der Waals surface area contributed by atoms with Crippen molar-refractivity contribution in [2.24, 2.45) is 0 Å². The van der Waals surface area contributed by atoms with Crippen LogP contribution in [0.1, 0.15) is 36.0 Å². The highest BCUT2D eigenvalue weighted by molar-refractivity contribution is 9.10. The van der Waals surface area contributed by atoms with Crippen LogP contribution in [0.3, 0.4) is 0 Å². The number of rotatable bonds is 3. The van der Waals surface area contributed by atoms with E-state index in [-0.39, 0.29) is 11.7 Å². The first-order chi connectivity index (χ1) is 8.59. The number of carboxylic acids is 1. The fraction of sp³-hybridized carbons (Fsp3) is 0.462. The molecule has 2 N–H and O–H groups in total. The van der Waals surface area contributed by atoms with Crippen LogP contribution in [-0.2, 0) is 0 Å². The molecule has 2 atom stereocenters. The van der Waals surface area contributed by atoms with Gasteiger partial charge in [-0.25, -0.2) is 4.79 Å². The van der Waals surface area contributed by atoms with Crippen molar-refractivity contribution in [3.05, 3.63) is 28.2 Å². The summed E-state index contributed by atoms with van der Waals surface area (Å²) in [6.45, 7) is 0. The fourth-order valence-electron chi connectivity index (χ4n) is 2.16. The fourth-order valence-corrected chi connectivity index (χ4v) is 2.62. The molecule has 0 spiro atoms. The number of para-hydroxylation sites is 1. The predicted octanol–water partition coefficient (Wildman–Crippen LogP) is 2.83. The van der Waals surface area contributed by atoms with Gasteiger partial charge < -0.3 is 14.9 Å². The van der Waals surface area contributed by atoms with Gasteiger partial charge in [0.15, 0.2) is 0 Å². The average Bonchev–Trinajstić information content (AvgIpc) is 2.34. The van der Waals surface area contributed by atoms with Gasteiger partial charge in [0.2, 0.25) is 0 Å². The predicted molar refractivity (Wildman–Crippen MR) is 70.0 cm³/mol. The van der Waals surface area contributed by atoms with Crippen molar-refractivity contribution in [2.45, 2.75) is 37.9 Å². The van der Waals surface area contributed by atoms with Crippen molar-refractivity contribution in [3.63, 3.8) is 0 Å². The van der Waals surface area contributed by atoms with Gasteiger partial charge in [0.1, 0.15) is 17.4 Å². The van der Waals surface area contributed by atoms with E-state index in [2.05, 4.69) is 15.9 Å². The third-order valence-electron chi connectivity index (χ3n) is 3.13. The number of benzene rings is 1. The van der Waals surface area contributed by atoms with E-state index in [0.717, 1.165) is 19.3 Å². The van der Waals surface area contributed by atoms with E-state index >= 15 is 0 Å². The molecule has 1 aromatic carbocycles. The molecule has 18 heavy (non-hydrogen) atoms. The quantitative estimate of drug-likeness (QED) is 0.900. The highest BCUT2D eigenvalue weighted by Crippen LogP contribution is 2.32. The number of halogens is 1. The summed E-state index contributed by atoms with van der Waals surface area (Å²) in [6, 6.07) is 4.88. The first kappa shape index (κ1) is 13.4. The summed E-state index contributed by atoms with van der Waals surface area (Å²) in [4.78, 5) is 11.1. The van der Waals surface area contributed by atoms with Gasteiger partial charge in [0.05, 0.1) is 10.6 Å². The molecule has 98 valence electrons. The van der Waals surface area contributed by atoms with Gasteiger partial charge in [-0.3, -0.25) is 0 Å². The first-order valence-electron chi connectivity index (χ1n) is 5.96. The zero-order chi connectivity index (χ0) is 13.1. The molecule has 0 radical (unpaired) electrons. The molecule has 2 rings (SSSR count). The Morgan fingerprint density at radius 3 is 2.72 bits per heavy atom. The average molecular weight is 315 g/mol. The minimum absolute atomic E-state index is 0.113. The highest BCUT2D eigenvalue weighted by Gasteiger charge is 2.27. The summed E-state index contributed by atoms with van der Waals surface area (Å²) in [5.74, 6) is -0.729. The SMILES string of the molecule is O=C(O)c1cccc(Br)c1OC1CCCCC1O. The van der Waals surface area contributed by atoms with Crippen molar-refractivity contribution in [1.82, 2.24) is 0 Å². The first-order valence-corrected chi connectivity index (χ1v) is 6.75. The Balaban J connectivity index is 2.24. The maximum Gasteiger partial charge on any atom is 0.339 e. The van der Waals surface area contributed by atoms with E-state index in [1.54, 1.807) is 12.1 Å². The van der Waals surface area contributed by atoms with Gasteiger partial charge in [0, 0.05) is 0 Å². The minimum atomic E-state index is -1.03. The second-order valence-corrected chi connectivity index (χ2v) is 5.28.